The minimum Gasteiger partial charge on any atom is -0.343 e. The molecule has 0 unspecified atom stereocenters. The first-order valence-electron chi connectivity index (χ1n) is 6.98. The first-order valence-corrected chi connectivity index (χ1v) is 7.36. The summed E-state index contributed by atoms with van der Waals surface area (Å²) in [5.41, 5.74) is 4.44. The normalized spacial score (nSPS) is 11.0. The van der Waals surface area contributed by atoms with Gasteiger partial charge in [-0.3, -0.25) is 9.59 Å². The van der Waals surface area contributed by atoms with Crippen molar-refractivity contribution in [3.8, 4) is 0 Å². The molecule has 0 radical (unpaired) electrons. The number of hydrogen-bond acceptors (Lipinski definition) is 3. The topological polar surface area (TPSA) is 70.6 Å². The van der Waals surface area contributed by atoms with Crippen LogP contribution in [-0.2, 0) is 4.79 Å². The van der Waals surface area contributed by atoms with E-state index in [4.69, 9.17) is 11.6 Å². The van der Waals surface area contributed by atoms with Crippen LogP contribution in [0.15, 0.2) is 59.7 Å². The van der Waals surface area contributed by atoms with E-state index in [9.17, 15) is 9.59 Å². The molecule has 2 aromatic rings. The second-order valence-electron chi connectivity index (χ2n) is 4.79. The molecule has 2 aromatic carbocycles. The van der Waals surface area contributed by atoms with Crippen LogP contribution in [0.2, 0.25) is 5.02 Å². The zero-order chi connectivity index (χ0) is 16.7. The molecule has 118 valence electrons. The Balaban J connectivity index is 1.83. The molecule has 0 spiro atoms. The van der Waals surface area contributed by atoms with Crippen molar-refractivity contribution >= 4 is 29.1 Å². The van der Waals surface area contributed by atoms with Gasteiger partial charge in [0.05, 0.1) is 12.3 Å². The lowest BCUT2D eigenvalue weighted by Crippen LogP contribution is -2.35. The molecule has 0 aliphatic rings. The molecule has 0 aromatic heterocycles. The highest BCUT2D eigenvalue weighted by Gasteiger charge is 2.07. The minimum absolute atomic E-state index is 0.160. The van der Waals surface area contributed by atoms with E-state index >= 15 is 0 Å². The number of hydrazone groups is 1. The van der Waals surface area contributed by atoms with Crippen molar-refractivity contribution in [2.24, 2.45) is 5.10 Å². The maximum atomic E-state index is 11.9. The maximum Gasteiger partial charge on any atom is 0.259 e. The molecule has 0 saturated heterocycles. The molecule has 23 heavy (non-hydrogen) atoms. The fourth-order valence-electron chi connectivity index (χ4n) is 1.79. The summed E-state index contributed by atoms with van der Waals surface area (Å²) < 4.78 is 0. The van der Waals surface area contributed by atoms with Gasteiger partial charge in [-0.15, -0.1) is 0 Å². The monoisotopic (exact) mass is 329 g/mol. The summed E-state index contributed by atoms with van der Waals surface area (Å²) in [6, 6.07) is 15.9. The lowest BCUT2D eigenvalue weighted by molar-refractivity contribution is -0.120. The Bertz CT molecular complexity index is 712. The number of nitrogens with zero attached hydrogens (tertiary/aromatic N) is 1. The second-order valence-corrected chi connectivity index (χ2v) is 5.22. The third kappa shape index (κ3) is 5.23. The molecular weight excluding hydrogens is 314 g/mol. The number of carbonyl (C=O) groups is 2. The van der Waals surface area contributed by atoms with Gasteiger partial charge in [-0.1, -0.05) is 41.9 Å². The first kappa shape index (κ1) is 16.7. The van der Waals surface area contributed by atoms with Crippen molar-refractivity contribution in [1.29, 1.82) is 0 Å². The van der Waals surface area contributed by atoms with E-state index in [2.05, 4.69) is 15.8 Å². The number of nitrogens with one attached hydrogen (secondary N) is 2. The Hall–Kier alpha value is -2.66. The Morgan fingerprint density at radius 3 is 2.30 bits per heavy atom. The zero-order valence-electron chi connectivity index (χ0n) is 12.5. The molecule has 2 amide bonds. The molecule has 0 bridgehead atoms. The van der Waals surface area contributed by atoms with E-state index in [1.54, 1.807) is 31.2 Å². The Morgan fingerprint density at radius 2 is 1.65 bits per heavy atom. The predicted molar refractivity (Wildman–Crippen MR) is 90.6 cm³/mol. The molecule has 0 atom stereocenters. The molecule has 5 nitrogen and oxygen atoms in total. The van der Waals surface area contributed by atoms with Crippen LogP contribution in [0.3, 0.4) is 0 Å². The van der Waals surface area contributed by atoms with Crippen molar-refractivity contribution in [1.82, 2.24) is 10.7 Å². The summed E-state index contributed by atoms with van der Waals surface area (Å²) in [4.78, 5) is 23.6. The highest BCUT2D eigenvalue weighted by Crippen LogP contribution is 2.09. The third-order valence-electron chi connectivity index (χ3n) is 3.06. The average Bonchev–Trinajstić information content (AvgIpc) is 2.59. The summed E-state index contributed by atoms with van der Waals surface area (Å²) in [7, 11) is 0. The summed E-state index contributed by atoms with van der Waals surface area (Å²) >= 11 is 5.75. The molecule has 0 heterocycles. The molecule has 6 heteroatoms. The van der Waals surface area contributed by atoms with Crippen molar-refractivity contribution in [2.45, 2.75) is 6.92 Å². The van der Waals surface area contributed by atoms with Crippen LogP contribution in [0.25, 0.3) is 0 Å². The molecule has 0 fully saturated rings. The highest BCUT2D eigenvalue weighted by molar-refractivity contribution is 6.30. The average molecular weight is 330 g/mol. The number of amides is 2. The van der Waals surface area contributed by atoms with E-state index in [-0.39, 0.29) is 12.5 Å². The van der Waals surface area contributed by atoms with Gasteiger partial charge < -0.3 is 5.32 Å². The molecule has 0 saturated carbocycles. The number of carbonyl (C=O) groups excluding carboxylic acids is 2. The summed E-state index contributed by atoms with van der Waals surface area (Å²) in [6.45, 7) is 1.63. The fraction of sp³-hybridized carbons (Fsp3) is 0.118. The smallest absolute Gasteiger partial charge is 0.259 e. The van der Waals surface area contributed by atoms with Gasteiger partial charge in [-0.25, -0.2) is 5.43 Å². The number of benzene rings is 2. The SMILES string of the molecule is CC(=NNC(=O)CNC(=O)c1ccc(Cl)cc1)c1ccccc1. The van der Waals surface area contributed by atoms with Crippen LogP contribution in [0.1, 0.15) is 22.8 Å². The van der Waals surface area contributed by atoms with Crippen LogP contribution in [0.4, 0.5) is 0 Å². The fourth-order valence-corrected chi connectivity index (χ4v) is 1.92. The van der Waals surface area contributed by atoms with Crippen molar-refractivity contribution in [2.75, 3.05) is 6.54 Å². The molecule has 2 rings (SSSR count). The van der Waals surface area contributed by atoms with Gasteiger partial charge in [0.2, 0.25) is 0 Å². The van der Waals surface area contributed by atoms with Gasteiger partial charge in [0.25, 0.3) is 11.8 Å². The van der Waals surface area contributed by atoms with Gasteiger partial charge in [-0.05, 0) is 36.8 Å². The minimum atomic E-state index is -0.400. The summed E-state index contributed by atoms with van der Waals surface area (Å²) in [5, 5.41) is 7.07. The van der Waals surface area contributed by atoms with Crippen molar-refractivity contribution in [3.05, 3.63) is 70.7 Å². The second kappa shape index (κ2) is 8.10. The van der Waals surface area contributed by atoms with E-state index in [1.807, 2.05) is 30.3 Å². The van der Waals surface area contributed by atoms with E-state index in [1.165, 1.54) is 0 Å². The van der Waals surface area contributed by atoms with Gasteiger partial charge >= 0.3 is 0 Å². The zero-order valence-corrected chi connectivity index (χ0v) is 13.3. The summed E-state index contributed by atoms with van der Waals surface area (Å²) in [5.74, 6) is -0.747. The molecule has 0 aliphatic heterocycles. The number of halogens is 1. The van der Waals surface area contributed by atoms with Gasteiger partial charge in [0.1, 0.15) is 0 Å². The van der Waals surface area contributed by atoms with Crippen LogP contribution in [0.5, 0.6) is 0 Å². The molecule has 2 N–H and O–H groups in total. The Labute approximate surface area is 139 Å². The molecular formula is C17H16ClN3O2. The van der Waals surface area contributed by atoms with Crippen LogP contribution < -0.4 is 10.7 Å². The third-order valence-corrected chi connectivity index (χ3v) is 3.31. The van der Waals surface area contributed by atoms with Crippen LogP contribution >= 0.6 is 11.6 Å². The number of rotatable bonds is 5. The van der Waals surface area contributed by atoms with Crippen LogP contribution in [-0.4, -0.2) is 24.1 Å². The maximum absolute atomic E-state index is 11.9. The Kier molecular flexibility index (Phi) is 5.88. The highest BCUT2D eigenvalue weighted by atomic mass is 35.5. The van der Waals surface area contributed by atoms with Crippen molar-refractivity contribution < 1.29 is 9.59 Å². The first-order chi connectivity index (χ1) is 11.1. The summed E-state index contributed by atoms with van der Waals surface area (Å²) in [6.07, 6.45) is 0. The Morgan fingerprint density at radius 1 is 1.00 bits per heavy atom. The predicted octanol–water partition coefficient (Wildman–Crippen LogP) is 2.61. The largest absolute Gasteiger partial charge is 0.343 e. The van der Waals surface area contributed by atoms with Gasteiger partial charge in [-0.2, -0.15) is 5.10 Å². The quantitative estimate of drug-likeness (QED) is 0.654. The lowest BCUT2D eigenvalue weighted by atomic mass is 10.1. The van der Waals surface area contributed by atoms with E-state index in [0.29, 0.717) is 16.3 Å². The van der Waals surface area contributed by atoms with Crippen molar-refractivity contribution in [3.63, 3.8) is 0 Å². The standard InChI is InChI=1S/C17H16ClN3O2/c1-12(13-5-3-2-4-6-13)20-21-16(22)11-19-17(23)14-7-9-15(18)10-8-14/h2-10H,11H2,1H3,(H,19,23)(H,21,22). The number of hydrogen-bond donors (Lipinski definition) is 2. The van der Waals surface area contributed by atoms with Crippen LogP contribution in [0, 0.1) is 0 Å². The van der Waals surface area contributed by atoms with E-state index < -0.39 is 5.91 Å². The van der Waals surface area contributed by atoms with Gasteiger partial charge in [0.15, 0.2) is 0 Å². The molecule has 0 aliphatic carbocycles. The van der Waals surface area contributed by atoms with Gasteiger partial charge in [0, 0.05) is 10.6 Å². The lowest BCUT2D eigenvalue weighted by Gasteiger charge is -2.05. The van der Waals surface area contributed by atoms with E-state index in [0.717, 1.165) is 5.56 Å².